The SMILES string of the molecule is CN1CCN(c2ccc(-c3ccccc3)nn2)C[C@H]1C(=O)O. The Morgan fingerprint density at radius 3 is 2.55 bits per heavy atom. The Hall–Kier alpha value is -2.47. The number of anilines is 1. The zero-order valence-electron chi connectivity index (χ0n) is 12.4. The minimum atomic E-state index is -0.805. The fourth-order valence-electron chi connectivity index (χ4n) is 2.61. The van der Waals surface area contributed by atoms with E-state index in [1.807, 2.05) is 59.3 Å². The number of nitrogens with zero attached hydrogens (tertiary/aromatic N) is 4. The second kappa shape index (κ2) is 6.11. The average Bonchev–Trinajstić information content (AvgIpc) is 2.56. The highest BCUT2D eigenvalue weighted by Gasteiger charge is 2.30. The Morgan fingerprint density at radius 2 is 1.91 bits per heavy atom. The predicted octanol–water partition coefficient (Wildman–Crippen LogP) is 1.35. The molecule has 1 fully saturated rings. The Morgan fingerprint density at radius 1 is 1.14 bits per heavy atom. The molecule has 1 saturated heterocycles. The van der Waals surface area contributed by atoms with Gasteiger partial charge in [-0.1, -0.05) is 30.3 Å². The lowest BCUT2D eigenvalue weighted by atomic mass is 10.1. The molecule has 1 aliphatic rings. The van der Waals surface area contributed by atoms with Gasteiger partial charge in [-0.05, 0) is 19.2 Å². The topological polar surface area (TPSA) is 69.6 Å². The summed E-state index contributed by atoms with van der Waals surface area (Å²) in [5.74, 6) is -0.0832. The molecule has 0 spiro atoms. The number of piperazine rings is 1. The Labute approximate surface area is 129 Å². The molecular formula is C16H18N4O2. The molecule has 3 rings (SSSR count). The van der Waals surface area contributed by atoms with E-state index in [0.29, 0.717) is 13.1 Å². The van der Waals surface area contributed by atoms with Crippen molar-refractivity contribution in [1.29, 1.82) is 0 Å². The van der Waals surface area contributed by atoms with Crippen LogP contribution >= 0.6 is 0 Å². The van der Waals surface area contributed by atoms with Gasteiger partial charge in [0.15, 0.2) is 5.82 Å². The normalized spacial score (nSPS) is 19.1. The lowest BCUT2D eigenvalue weighted by Crippen LogP contribution is -2.55. The number of hydrogen-bond acceptors (Lipinski definition) is 5. The van der Waals surface area contributed by atoms with Crippen LogP contribution in [0.25, 0.3) is 11.3 Å². The van der Waals surface area contributed by atoms with Crippen LogP contribution < -0.4 is 4.90 Å². The first kappa shape index (κ1) is 14.5. The number of rotatable bonds is 3. The Kier molecular flexibility index (Phi) is 4.02. The second-order valence-electron chi connectivity index (χ2n) is 5.42. The van der Waals surface area contributed by atoms with Gasteiger partial charge in [0.2, 0.25) is 0 Å². The molecule has 22 heavy (non-hydrogen) atoms. The van der Waals surface area contributed by atoms with Crippen LogP contribution in [0.4, 0.5) is 5.82 Å². The highest BCUT2D eigenvalue weighted by atomic mass is 16.4. The number of benzene rings is 1. The fraction of sp³-hybridized carbons (Fsp3) is 0.312. The summed E-state index contributed by atoms with van der Waals surface area (Å²) in [5.41, 5.74) is 1.83. The van der Waals surface area contributed by atoms with E-state index in [1.165, 1.54) is 0 Å². The molecule has 0 aliphatic carbocycles. The Balaban J connectivity index is 1.77. The first-order valence-electron chi connectivity index (χ1n) is 7.22. The van der Waals surface area contributed by atoms with E-state index in [1.54, 1.807) is 0 Å². The van der Waals surface area contributed by atoms with Crippen molar-refractivity contribution in [3.8, 4) is 11.3 Å². The summed E-state index contributed by atoms with van der Waals surface area (Å²) >= 11 is 0. The van der Waals surface area contributed by atoms with Gasteiger partial charge in [-0.15, -0.1) is 10.2 Å². The number of likely N-dealkylation sites (N-methyl/N-ethyl adjacent to an activating group) is 1. The van der Waals surface area contributed by atoms with E-state index in [0.717, 1.165) is 23.6 Å². The van der Waals surface area contributed by atoms with Gasteiger partial charge in [-0.2, -0.15) is 0 Å². The van der Waals surface area contributed by atoms with Gasteiger partial charge in [-0.25, -0.2) is 0 Å². The summed E-state index contributed by atoms with van der Waals surface area (Å²) in [7, 11) is 1.83. The number of aliphatic carboxylic acids is 1. The van der Waals surface area contributed by atoms with Crippen molar-refractivity contribution >= 4 is 11.8 Å². The minimum Gasteiger partial charge on any atom is -0.480 e. The third-order valence-electron chi connectivity index (χ3n) is 3.98. The summed E-state index contributed by atoms with van der Waals surface area (Å²) in [6, 6.07) is 13.2. The van der Waals surface area contributed by atoms with Crippen LogP contribution in [0.1, 0.15) is 0 Å². The van der Waals surface area contributed by atoms with Crippen molar-refractivity contribution in [3.05, 3.63) is 42.5 Å². The molecule has 1 atom stereocenters. The van der Waals surface area contributed by atoms with Crippen LogP contribution in [0, 0.1) is 0 Å². The van der Waals surface area contributed by atoms with E-state index in [4.69, 9.17) is 0 Å². The first-order valence-corrected chi connectivity index (χ1v) is 7.22. The Bertz CT molecular complexity index is 645. The quantitative estimate of drug-likeness (QED) is 0.922. The molecule has 2 heterocycles. The van der Waals surface area contributed by atoms with E-state index in [-0.39, 0.29) is 0 Å². The summed E-state index contributed by atoms with van der Waals surface area (Å²) < 4.78 is 0. The van der Waals surface area contributed by atoms with Gasteiger partial charge in [-0.3, -0.25) is 9.69 Å². The molecule has 2 aromatic rings. The molecule has 1 aliphatic heterocycles. The van der Waals surface area contributed by atoms with Crippen LogP contribution in [0.15, 0.2) is 42.5 Å². The lowest BCUT2D eigenvalue weighted by Gasteiger charge is -2.37. The maximum atomic E-state index is 11.3. The standard InChI is InChI=1S/C16H18N4O2/c1-19-9-10-20(11-14(19)16(21)22)15-8-7-13(17-18-15)12-5-3-2-4-6-12/h2-8,14H,9-11H2,1H3,(H,21,22)/t14-/m0/s1. The highest BCUT2D eigenvalue weighted by Crippen LogP contribution is 2.20. The van der Waals surface area contributed by atoms with Crippen molar-refractivity contribution in [2.24, 2.45) is 0 Å². The molecular weight excluding hydrogens is 280 g/mol. The average molecular weight is 298 g/mol. The predicted molar refractivity (Wildman–Crippen MR) is 83.7 cm³/mol. The van der Waals surface area contributed by atoms with Gasteiger partial charge in [0.05, 0.1) is 5.69 Å². The molecule has 0 bridgehead atoms. The molecule has 1 aromatic carbocycles. The van der Waals surface area contributed by atoms with Crippen LogP contribution in [-0.4, -0.2) is 58.9 Å². The molecule has 114 valence electrons. The van der Waals surface area contributed by atoms with E-state index in [9.17, 15) is 9.90 Å². The number of carboxylic acid groups (broad SMARTS) is 1. The van der Waals surface area contributed by atoms with Crippen LogP contribution in [0.5, 0.6) is 0 Å². The monoisotopic (exact) mass is 298 g/mol. The van der Waals surface area contributed by atoms with Crippen molar-refractivity contribution in [2.75, 3.05) is 31.6 Å². The molecule has 0 saturated carbocycles. The molecule has 0 radical (unpaired) electrons. The van der Waals surface area contributed by atoms with Gasteiger partial charge in [0.25, 0.3) is 0 Å². The van der Waals surface area contributed by atoms with Gasteiger partial charge < -0.3 is 10.0 Å². The third kappa shape index (κ3) is 2.92. The molecule has 6 heteroatoms. The van der Waals surface area contributed by atoms with E-state index < -0.39 is 12.0 Å². The fourth-order valence-corrected chi connectivity index (χ4v) is 2.61. The summed E-state index contributed by atoms with van der Waals surface area (Å²) in [4.78, 5) is 15.1. The van der Waals surface area contributed by atoms with Crippen LogP contribution in [0.3, 0.4) is 0 Å². The highest BCUT2D eigenvalue weighted by molar-refractivity contribution is 5.74. The van der Waals surface area contributed by atoms with Crippen LogP contribution in [-0.2, 0) is 4.79 Å². The van der Waals surface area contributed by atoms with Crippen molar-refractivity contribution in [2.45, 2.75) is 6.04 Å². The number of carboxylic acids is 1. The van der Waals surface area contributed by atoms with E-state index >= 15 is 0 Å². The first-order chi connectivity index (χ1) is 10.6. The van der Waals surface area contributed by atoms with Crippen molar-refractivity contribution in [1.82, 2.24) is 15.1 Å². The van der Waals surface area contributed by atoms with E-state index in [2.05, 4.69) is 10.2 Å². The third-order valence-corrected chi connectivity index (χ3v) is 3.98. The minimum absolute atomic E-state index is 0.422. The molecule has 6 nitrogen and oxygen atoms in total. The smallest absolute Gasteiger partial charge is 0.322 e. The van der Waals surface area contributed by atoms with Gasteiger partial charge in [0, 0.05) is 25.2 Å². The van der Waals surface area contributed by atoms with Gasteiger partial charge in [0.1, 0.15) is 6.04 Å². The summed E-state index contributed by atoms with van der Waals surface area (Å²) in [6.45, 7) is 1.87. The molecule has 1 N–H and O–H groups in total. The molecule has 0 unspecified atom stereocenters. The summed E-state index contributed by atoms with van der Waals surface area (Å²) in [6.07, 6.45) is 0. The van der Waals surface area contributed by atoms with Gasteiger partial charge >= 0.3 is 5.97 Å². The zero-order chi connectivity index (χ0) is 15.5. The number of aromatic nitrogens is 2. The number of hydrogen-bond donors (Lipinski definition) is 1. The maximum absolute atomic E-state index is 11.3. The zero-order valence-corrected chi connectivity index (χ0v) is 12.4. The second-order valence-corrected chi connectivity index (χ2v) is 5.42. The maximum Gasteiger partial charge on any atom is 0.322 e. The van der Waals surface area contributed by atoms with Crippen molar-refractivity contribution < 1.29 is 9.90 Å². The van der Waals surface area contributed by atoms with Crippen molar-refractivity contribution in [3.63, 3.8) is 0 Å². The number of carbonyl (C=O) groups is 1. The lowest BCUT2D eigenvalue weighted by molar-refractivity contribution is -0.142. The molecule has 0 amide bonds. The summed E-state index contributed by atoms with van der Waals surface area (Å²) in [5, 5.41) is 17.8. The van der Waals surface area contributed by atoms with Crippen LogP contribution in [0.2, 0.25) is 0 Å². The largest absolute Gasteiger partial charge is 0.480 e. The molecule has 1 aromatic heterocycles.